The number of anilines is 1. The van der Waals surface area contributed by atoms with E-state index in [0.29, 0.717) is 11.2 Å². The monoisotopic (exact) mass is 362 g/mol. The van der Waals surface area contributed by atoms with Crippen LogP contribution in [0.4, 0.5) is 19.0 Å². The van der Waals surface area contributed by atoms with E-state index in [2.05, 4.69) is 20.3 Å². The fraction of sp³-hybridized carbons (Fsp3) is 0.333. The first kappa shape index (κ1) is 16.7. The first-order valence-electron chi connectivity index (χ1n) is 8.30. The second kappa shape index (κ2) is 6.19. The lowest BCUT2D eigenvalue weighted by atomic mass is 9.87. The summed E-state index contributed by atoms with van der Waals surface area (Å²) in [6.07, 6.45) is -0.383. The van der Waals surface area contributed by atoms with E-state index in [1.807, 2.05) is 18.2 Å². The van der Waals surface area contributed by atoms with Gasteiger partial charge in [0.05, 0.1) is 18.5 Å². The third-order valence-corrected chi connectivity index (χ3v) is 4.71. The summed E-state index contributed by atoms with van der Waals surface area (Å²) in [6, 6.07) is 6.94. The molecule has 1 aliphatic rings. The van der Waals surface area contributed by atoms with Crippen molar-refractivity contribution in [2.75, 3.05) is 12.4 Å². The summed E-state index contributed by atoms with van der Waals surface area (Å²) >= 11 is 0. The molecule has 0 saturated heterocycles. The summed E-state index contributed by atoms with van der Waals surface area (Å²) in [7, 11) is 1.63. The Hall–Kier alpha value is -2.77. The fourth-order valence-corrected chi connectivity index (χ4v) is 3.44. The summed E-state index contributed by atoms with van der Waals surface area (Å²) in [5.41, 5.74) is 1.64. The van der Waals surface area contributed by atoms with Gasteiger partial charge in [0.2, 0.25) is 0 Å². The maximum Gasteiger partial charge on any atom is 0.431 e. The molecule has 3 aromatic rings. The number of aromatic nitrogens is 3. The zero-order chi connectivity index (χ0) is 18.3. The van der Waals surface area contributed by atoms with Crippen molar-refractivity contribution >= 4 is 16.9 Å². The van der Waals surface area contributed by atoms with Gasteiger partial charge in [-0.1, -0.05) is 6.07 Å². The summed E-state index contributed by atoms with van der Waals surface area (Å²) < 4.78 is 44.2. The molecule has 1 atom stereocenters. The number of aryl methyl sites for hydroxylation is 1. The normalized spacial score (nSPS) is 17.2. The van der Waals surface area contributed by atoms with E-state index < -0.39 is 11.9 Å². The van der Waals surface area contributed by atoms with E-state index in [1.54, 1.807) is 7.11 Å². The number of H-pyrrole nitrogens is 1. The van der Waals surface area contributed by atoms with Gasteiger partial charge in [0.25, 0.3) is 0 Å². The molecule has 8 heteroatoms. The smallest absolute Gasteiger partial charge is 0.431 e. The highest BCUT2D eigenvalue weighted by molar-refractivity contribution is 5.88. The largest absolute Gasteiger partial charge is 0.497 e. The topological polar surface area (TPSA) is 62.8 Å². The van der Waals surface area contributed by atoms with Crippen LogP contribution >= 0.6 is 0 Å². The zero-order valence-electron chi connectivity index (χ0n) is 14.0. The molecule has 2 aromatic heterocycles. The van der Waals surface area contributed by atoms with Crippen LogP contribution in [0, 0.1) is 0 Å². The van der Waals surface area contributed by atoms with Crippen LogP contribution in [0.1, 0.15) is 35.7 Å². The molecular formula is C18H17F3N4O. The zero-order valence-corrected chi connectivity index (χ0v) is 14.0. The number of fused-ring (bicyclic) bond motifs is 2. The quantitative estimate of drug-likeness (QED) is 0.721. The molecular weight excluding hydrogens is 345 g/mol. The van der Waals surface area contributed by atoms with E-state index in [0.717, 1.165) is 36.6 Å². The molecule has 4 rings (SSSR count). The van der Waals surface area contributed by atoms with Crippen molar-refractivity contribution < 1.29 is 17.9 Å². The van der Waals surface area contributed by atoms with Crippen molar-refractivity contribution in [2.24, 2.45) is 0 Å². The Morgan fingerprint density at radius 3 is 2.85 bits per heavy atom. The van der Waals surface area contributed by atoms with Gasteiger partial charge in [-0.3, -0.25) is 0 Å². The van der Waals surface area contributed by atoms with Crippen LogP contribution in [0.2, 0.25) is 0 Å². The molecule has 136 valence electrons. The molecule has 0 radical (unpaired) electrons. The lowest BCUT2D eigenvalue weighted by molar-refractivity contribution is -0.140. The predicted molar refractivity (Wildman–Crippen MR) is 91.2 cm³/mol. The average molecular weight is 362 g/mol. The van der Waals surface area contributed by atoms with Gasteiger partial charge in [0.15, 0.2) is 0 Å². The van der Waals surface area contributed by atoms with Gasteiger partial charge in [-0.15, -0.1) is 0 Å². The minimum Gasteiger partial charge on any atom is -0.497 e. The van der Waals surface area contributed by atoms with Crippen LogP contribution in [0.15, 0.2) is 30.6 Å². The highest BCUT2D eigenvalue weighted by Gasteiger charge is 2.33. The number of benzene rings is 1. The number of nitrogens with zero attached hydrogens (tertiary/aromatic N) is 2. The summed E-state index contributed by atoms with van der Waals surface area (Å²) in [4.78, 5) is 10.4. The van der Waals surface area contributed by atoms with Crippen LogP contribution in [0.25, 0.3) is 11.0 Å². The van der Waals surface area contributed by atoms with E-state index >= 15 is 0 Å². The van der Waals surface area contributed by atoms with Crippen LogP contribution in [0.3, 0.4) is 0 Å². The first-order valence-corrected chi connectivity index (χ1v) is 8.30. The van der Waals surface area contributed by atoms with Crippen LogP contribution in [0.5, 0.6) is 5.75 Å². The Bertz CT molecular complexity index is 951. The Balaban J connectivity index is 1.69. The van der Waals surface area contributed by atoms with Gasteiger partial charge in [-0.2, -0.15) is 13.2 Å². The van der Waals surface area contributed by atoms with Gasteiger partial charge >= 0.3 is 6.18 Å². The second-order valence-corrected chi connectivity index (χ2v) is 6.32. The van der Waals surface area contributed by atoms with Crippen molar-refractivity contribution in [3.63, 3.8) is 0 Å². The number of halogens is 3. The Kier molecular flexibility index (Phi) is 3.97. The summed E-state index contributed by atoms with van der Waals surface area (Å²) in [5.74, 6) is 1.20. The number of alkyl halides is 3. The standard InChI is InChI=1S/C18H17F3N4O/c1-26-11-5-6-12-10(7-11)3-2-4-14(12)24-16-13-8-15(18(19,20)21)25-17(13)23-9-22-16/h5-9,14H,2-4H2,1H3,(H2,22,23,24,25). The Morgan fingerprint density at radius 2 is 2.08 bits per heavy atom. The van der Waals surface area contributed by atoms with Gasteiger partial charge in [-0.25, -0.2) is 9.97 Å². The molecule has 0 fully saturated rings. The predicted octanol–water partition coefficient (Wildman–Crippen LogP) is 4.47. The number of methoxy groups -OCH3 is 1. The molecule has 2 heterocycles. The lowest BCUT2D eigenvalue weighted by Gasteiger charge is -2.27. The van der Waals surface area contributed by atoms with E-state index in [-0.39, 0.29) is 11.7 Å². The SMILES string of the molecule is COc1ccc2c(c1)CCCC2Nc1ncnc2[nH]c(C(F)(F)F)cc12. The minimum absolute atomic E-state index is 0.0213. The minimum atomic E-state index is -4.45. The summed E-state index contributed by atoms with van der Waals surface area (Å²) in [5, 5.41) is 3.64. The lowest BCUT2D eigenvalue weighted by Crippen LogP contribution is -2.18. The van der Waals surface area contributed by atoms with Crippen LogP contribution in [-0.2, 0) is 12.6 Å². The third kappa shape index (κ3) is 2.95. The Labute approximate surface area is 147 Å². The molecule has 2 N–H and O–H groups in total. The van der Waals surface area contributed by atoms with Crippen LogP contribution < -0.4 is 10.1 Å². The van der Waals surface area contributed by atoms with Gasteiger partial charge in [-0.05, 0) is 48.6 Å². The van der Waals surface area contributed by atoms with Crippen molar-refractivity contribution in [3.8, 4) is 5.75 Å². The first-order chi connectivity index (χ1) is 12.5. The maximum absolute atomic E-state index is 13.0. The highest BCUT2D eigenvalue weighted by Crippen LogP contribution is 2.37. The van der Waals surface area contributed by atoms with Gasteiger partial charge < -0.3 is 15.0 Å². The van der Waals surface area contributed by atoms with Crippen molar-refractivity contribution in [1.29, 1.82) is 0 Å². The van der Waals surface area contributed by atoms with Crippen molar-refractivity contribution in [2.45, 2.75) is 31.5 Å². The molecule has 0 saturated carbocycles. The van der Waals surface area contributed by atoms with Gasteiger partial charge in [0.1, 0.15) is 29.2 Å². The Morgan fingerprint density at radius 1 is 1.23 bits per heavy atom. The number of rotatable bonds is 3. The number of hydrogen-bond acceptors (Lipinski definition) is 4. The third-order valence-electron chi connectivity index (χ3n) is 4.71. The van der Waals surface area contributed by atoms with E-state index in [4.69, 9.17) is 4.74 Å². The molecule has 1 aromatic carbocycles. The number of ether oxygens (including phenoxy) is 1. The number of hydrogen-bond donors (Lipinski definition) is 2. The van der Waals surface area contributed by atoms with Crippen molar-refractivity contribution in [3.05, 3.63) is 47.4 Å². The average Bonchev–Trinajstić information content (AvgIpc) is 3.07. The molecule has 0 bridgehead atoms. The van der Waals surface area contributed by atoms with Crippen molar-refractivity contribution in [1.82, 2.24) is 15.0 Å². The van der Waals surface area contributed by atoms with Gasteiger partial charge in [0, 0.05) is 0 Å². The highest BCUT2D eigenvalue weighted by atomic mass is 19.4. The fourth-order valence-electron chi connectivity index (χ4n) is 3.44. The molecule has 26 heavy (non-hydrogen) atoms. The molecule has 0 aliphatic heterocycles. The summed E-state index contributed by atoms with van der Waals surface area (Å²) in [6.45, 7) is 0. The van der Waals surface area contributed by atoms with Crippen LogP contribution in [-0.4, -0.2) is 22.1 Å². The molecule has 1 aliphatic carbocycles. The number of nitrogens with one attached hydrogen (secondary N) is 2. The second-order valence-electron chi connectivity index (χ2n) is 6.32. The maximum atomic E-state index is 13.0. The molecule has 5 nitrogen and oxygen atoms in total. The molecule has 0 spiro atoms. The molecule has 1 unspecified atom stereocenters. The van der Waals surface area contributed by atoms with E-state index in [1.165, 1.54) is 11.9 Å². The molecule has 0 amide bonds. The number of aromatic amines is 1. The van der Waals surface area contributed by atoms with E-state index in [9.17, 15) is 13.2 Å².